The molecule has 0 fully saturated rings. The number of anilines is 1. The fourth-order valence-electron chi connectivity index (χ4n) is 4.93. The minimum absolute atomic E-state index is 0.0466. The molecule has 0 aliphatic carbocycles. The van der Waals surface area contributed by atoms with E-state index in [2.05, 4.69) is 47.6 Å². The molecule has 3 aromatic carbocycles. The summed E-state index contributed by atoms with van der Waals surface area (Å²) in [6.45, 7) is 5.82. The molecule has 2 heterocycles. The molecule has 0 bridgehead atoms. The minimum atomic E-state index is -0.523. The van der Waals surface area contributed by atoms with Crippen LogP contribution in [0.5, 0.6) is 0 Å². The Bertz CT molecular complexity index is 1170. The zero-order valence-electron chi connectivity index (χ0n) is 18.2. The zero-order chi connectivity index (χ0) is 21.8. The molecule has 0 aromatic heterocycles. The van der Waals surface area contributed by atoms with Gasteiger partial charge in [0.2, 0.25) is 5.91 Å². The van der Waals surface area contributed by atoms with Gasteiger partial charge in [-0.05, 0) is 97.6 Å². The fraction of sp³-hybridized carbons (Fsp3) is 0.296. The lowest BCUT2D eigenvalue weighted by molar-refractivity contribution is -0.119. The quantitative estimate of drug-likeness (QED) is 0.584. The highest BCUT2D eigenvalue weighted by Gasteiger charge is 2.38. The van der Waals surface area contributed by atoms with Crippen LogP contribution in [0.15, 0.2) is 60.7 Å². The van der Waals surface area contributed by atoms with Crippen molar-refractivity contribution in [1.29, 1.82) is 0 Å². The summed E-state index contributed by atoms with van der Waals surface area (Å²) in [5.41, 5.74) is 7.50. The Morgan fingerprint density at radius 1 is 1.00 bits per heavy atom. The van der Waals surface area contributed by atoms with Crippen molar-refractivity contribution in [3.63, 3.8) is 0 Å². The molecule has 2 aliphatic rings. The molecule has 1 unspecified atom stereocenters. The maximum atomic E-state index is 13.5. The van der Waals surface area contributed by atoms with Gasteiger partial charge in [-0.2, -0.15) is 0 Å². The van der Waals surface area contributed by atoms with E-state index in [-0.39, 0.29) is 17.6 Å². The van der Waals surface area contributed by atoms with E-state index < -0.39 is 5.41 Å². The van der Waals surface area contributed by atoms with Crippen molar-refractivity contribution < 1.29 is 9.18 Å². The van der Waals surface area contributed by atoms with Crippen molar-refractivity contribution in [3.05, 3.63) is 88.7 Å². The van der Waals surface area contributed by atoms with Crippen molar-refractivity contribution in [2.75, 3.05) is 18.9 Å². The molecule has 31 heavy (non-hydrogen) atoms. The molecule has 4 heteroatoms. The fourth-order valence-corrected chi connectivity index (χ4v) is 4.93. The van der Waals surface area contributed by atoms with Crippen molar-refractivity contribution in [2.24, 2.45) is 0 Å². The number of halogens is 1. The number of hydrogen-bond acceptors (Lipinski definition) is 2. The van der Waals surface area contributed by atoms with Crippen LogP contribution in [0.2, 0.25) is 0 Å². The van der Waals surface area contributed by atoms with E-state index in [4.69, 9.17) is 0 Å². The Kier molecular flexibility index (Phi) is 4.71. The van der Waals surface area contributed by atoms with E-state index in [1.54, 1.807) is 12.1 Å². The molecular weight excluding hydrogens is 387 g/mol. The van der Waals surface area contributed by atoms with Gasteiger partial charge in [0, 0.05) is 18.2 Å². The normalized spacial score (nSPS) is 20.0. The predicted molar refractivity (Wildman–Crippen MR) is 123 cm³/mol. The average molecular weight is 415 g/mol. The maximum Gasteiger partial charge on any atom is 0.234 e. The molecule has 2 aliphatic heterocycles. The van der Waals surface area contributed by atoms with Crippen molar-refractivity contribution in [1.82, 2.24) is 4.90 Å². The topological polar surface area (TPSA) is 32.3 Å². The van der Waals surface area contributed by atoms with Gasteiger partial charge < -0.3 is 10.2 Å². The van der Waals surface area contributed by atoms with E-state index in [1.807, 2.05) is 32.0 Å². The molecule has 158 valence electrons. The predicted octanol–water partition coefficient (Wildman–Crippen LogP) is 5.69. The van der Waals surface area contributed by atoms with Crippen LogP contribution in [0.3, 0.4) is 0 Å². The first-order valence-electron chi connectivity index (χ1n) is 10.9. The summed E-state index contributed by atoms with van der Waals surface area (Å²) in [6, 6.07) is 19.9. The minimum Gasteiger partial charge on any atom is -0.325 e. The van der Waals surface area contributed by atoms with Gasteiger partial charge in [0.1, 0.15) is 5.82 Å². The first-order valence-corrected chi connectivity index (χ1v) is 10.9. The number of fused-ring (bicyclic) bond motifs is 2. The van der Waals surface area contributed by atoms with E-state index in [1.165, 1.54) is 11.1 Å². The molecule has 3 nitrogen and oxygen atoms in total. The van der Waals surface area contributed by atoms with Crippen LogP contribution in [-0.2, 0) is 16.8 Å². The third kappa shape index (κ3) is 3.45. The Hall–Kier alpha value is -2.98. The third-order valence-electron chi connectivity index (χ3n) is 6.87. The molecule has 1 amide bonds. The third-order valence-corrected chi connectivity index (χ3v) is 6.87. The molecule has 0 spiro atoms. The molecule has 0 saturated heterocycles. The van der Waals surface area contributed by atoms with Crippen molar-refractivity contribution in [2.45, 2.75) is 38.1 Å². The Morgan fingerprint density at radius 2 is 1.71 bits per heavy atom. The molecule has 3 aromatic rings. The standard InChI is InChI=1S/C27H27FN2O/c1-27(2)24-15-19(7-11-25(24)29-26(27)31)18-6-10-22-20(14-18)16-30(3)13-12-23(22)17-4-8-21(28)9-5-17/h4-11,14-15,23H,12-13,16H2,1-3H3,(H,29,31). The molecule has 1 atom stereocenters. The highest BCUT2D eigenvalue weighted by molar-refractivity contribution is 6.06. The van der Waals surface area contributed by atoms with Crippen LogP contribution < -0.4 is 5.32 Å². The van der Waals surface area contributed by atoms with Gasteiger partial charge in [-0.3, -0.25) is 4.79 Å². The maximum absolute atomic E-state index is 13.5. The average Bonchev–Trinajstić information content (AvgIpc) is 2.87. The summed E-state index contributed by atoms with van der Waals surface area (Å²) >= 11 is 0. The van der Waals surface area contributed by atoms with Crippen molar-refractivity contribution >= 4 is 11.6 Å². The van der Waals surface area contributed by atoms with Crippen LogP contribution in [0.1, 0.15) is 48.4 Å². The Labute approximate surface area is 182 Å². The van der Waals surface area contributed by atoms with Crippen LogP contribution in [-0.4, -0.2) is 24.4 Å². The summed E-state index contributed by atoms with van der Waals surface area (Å²) in [4.78, 5) is 14.7. The lowest BCUT2D eigenvalue weighted by atomic mass is 9.83. The number of nitrogens with one attached hydrogen (secondary N) is 1. The van der Waals surface area contributed by atoms with Gasteiger partial charge >= 0.3 is 0 Å². The van der Waals surface area contributed by atoms with E-state index in [9.17, 15) is 9.18 Å². The highest BCUT2D eigenvalue weighted by atomic mass is 19.1. The van der Waals surface area contributed by atoms with E-state index >= 15 is 0 Å². The number of carbonyl (C=O) groups is 1. The number of rotatable bonds is 2. The lowest BCUT2D eigenvalue weighted by Gasteiger charge is -2.19. The van der Waals surface area contributed by atoms with Crippen LogP contribution >= 0.6 is 0 Å². The summed E-state index contributed by atoms with van der Waals surface area (Å²) in [6.07, 6.45) is 1.01. The van der Waals surface area contributed by atoms with Gasteiger partial charge in [0.05, 0.1) is 5.41 Å². The summed E-state index contributed by atoms with van der Waals surface area (Å²) in [5.74, 6) is 0.110. The van der Waals surface area contributed by atoms with E-state index in [0.717, 1.165) is 47.5 Å². The van der Waals surface area contributed by atoms with Crippen molar-refractivity contribution in [3.8, 4) is 11.1 Å². The Morgan fingerprint density at radius 3 is 2.48 bits per heavy atom. The largest absolute Gasteiger partial charge is 0.325 e. The van der Waals surface area contributed by atoms with Crippen LogP contribution in [0.4, 0.5) is 10.1 Å². The monoisotopic (exact) mass is 414 g/mol. The number of amides is 1. The van der Waals surface area contributed by atoms with Crippen LogP contribution in [0.25, 0.3) is 11.1 Å². The number of carbonyl (C=O) groups excluding carboxylic acids is 1. The molecule has 0 saturated carbocycles. The second kappa shape index (κ2) is 7.31. The van der Waals surface area contributed by atoms with Gasteiger partial charge in [-0.15, -0.1) is 0 Å². The smallest absolute Gasteiger partial charge is 0.234 e. The van der Waals surface area contributed by atoms with Gasteiger partial charge in [0.15, 0.2) is 0 Å². The Balaban J connectivity index is 1.56. The second-order valence-electron chi connectivity index (χ2n) is 9.38. The highest BCUT2D eigenvalue weighted by Crippen LogP contribution is 2.41. The summed E-state index contributed by atoms with van der Waals surface area (Å²) in [5, 5.41) is 2.99. The number of benzene rings is 3. The summed E-state index contributed by atoms with van der Waals surface area (Å²) < 4.78 is 13.5. The van der Waals surface area contributed by atoms with Gasteiger partial charge in [0.25, 0.3) is 0 Å². The lowest BCUT2D eigenvalue weighted by Crippen LogP contribution is -2.26. The number of hydrogen-bond donors (Lipinski definition) is 1. The zero-order valence-corrected chi connectivity index (χ0v) is 18.2. The van der Waals surface area contributed by atoms with Gasteiger partial charge in [-0.1, -0.05) is 30.3 Å². The van der Waals surface area contributed by atoms with E-state index in [0.29, 0.717) is 0 Å². The second-order valence-corrected chi connectivity index (χ2v) is 9.38. The summed E-state index contributed by atoms with van der Waals surface area (Å²) in [7, 11) is 2.15. The number of nitrogens with zero attached hydrogens (tertiary/aromatic N) is 1. The first-order chi connectivity index (χ1) is 14.8. The molecule has 0 radical (unpaired) electrons. The SMILES string of the molecule is CN1CCC(c2ccc(F)cc2)c2ccc(-c3ccc4c(c3)C(C)(C)C(=O)N4)cc2C1. The van der Waals surface area contributed by atoms with Gasteiger partial charge in [-0.25, -0.2) is 4.39 Å². The molecular formula is C27H27FN2O. The van der Waals surface area contributed by atoms with Crippen LogP contribution in [0, 0.1) is 5.82 Å². The first kappa shape index (κ1) is 20.0. The molecule has 5 rings (SSSR count). The molecule has 1 N–H and O–H groups in total.